The number of fused-ring (bicyclic) bond motifs is 1. The first-order valence-electron chi connectivity index (χ1n) is 4.99. The minimum Gasteiger partial charge on any atom is -0.300 e. The first-order valence-corrected chi connectivity index (χ1v) is 4.99. The van der Waals surface area contributed by atoms with Crippen molar-refractivity contribution in [2.75, 3.05) is 0 Å². The third-order valence-corrected chi connectivity index (χ3v) is 2.36. The molecule has 82 valence electrons. The predicted octanol–water partition coefficient (Wildman–Crippen LogP) is 2.36. The molecule has 0 spiro atoms. The first kappa shape index (κ1) is 10.4. The van der Waals surface area contributed by atoms with E-state index in [2.05, 4.69) is 4.98 Å². The highest BCUT2D eigenvalue weighted by Gasteiger charge is 2.09. The average Bonchev–Trinajstić information content (AvgIpc) is 2.69. The second-order valence-electron chi connectivity index (χ2n) is 3.36. The molecule has 0 saturated heterocycles. The summed E-state index contributed by atoms with van der Waals surface area (Å²) in [5, 5.41) is 10.7. The van der Waals surface area contributed by atoms with E-state index in [-0.39, 0.29) is 10.6 Å². The second kappa shape index (κ2) is 4.14. The Bertz CT molecular complexity index is 557. The van der Waals surface area contributed by atoms with E-state index in [1.54, 1.807) is 19.2 Å². The van der Waals surface area contributed by atoms with Crippen molar-refractivity contribution >= 4 is 11.7 Å². The van der Waals surface area contributed by atoms with Crippen LogP contribution in [0.5, 0.6) is 0 Å². The molecule has 5 heteroatoms. The van der Waals surface area contributed by atoms with Gasteiger partial charge in [-0.2, -0.15) is 0 Å². The van der Waals surface area contributed by atoms with Crippen molar-refractivity contribution in [1.29, 1.82) is 0 Å². The third-order valence-electron chi connectivity index (χ3n) is 2.36. The molecule has 2 aromatic heterocycles. The topological polar surface area (TPSA) is 60.4 Å². The van der Waals surface area contributed by atoms with E-state index in [1.807, 2.05) is 28.8 Å². The second-order valence-corrected chi connectivity index (χ2v) is 3.36. The lowest BCUT2D eigenvalue weighted by atomic mass is 10.3. The molecular weight excluding hydrogens is 206 g/mol. The van der Waals surface area contributed by atoms with Gasteiger partial charge in [-0.1, -0.05) is 13.0 Å². The van der Waals surface area contributed by atoms with Gasteiger partial charge in [0.2, 0.25) is 5.70 Å². The van der Waals surface area contributed by atoms with Gasteiger partial charge in [0.05, 0.1) is 16.8 Å². The van der Waals surface area contributed by atoms with Crippen LogP contribution in [0, 0.1) is 10.1 Å². The van der Waals surface area contributed by atoms with Gasteiger partial charge in [-0.25, -0.2) is 4.98 Å². The smallest absolute Gasteiger partial charge is 0.248 e. The molecule has 0 fully saturated rings. The van der Waals surface area contributed by atoms with Crippen LogP contribution in [-0.2, 0) is 0 Å². The van der Waals surface area contributed by atoms with Crippen LogP contribution in [0.3, 0.4) is 0 Å². The highest BCUT2D eigenvalue weighted by Crippen LogP contribution is 2.12. The maximum atomic E-state index is 10.7. The van der Waals surface area contributed by atoms with Crippen molar-refractivity contribution in [2.45, 2.75) is 13.3 Å². The maximum Gasteiger partial charge on any atom is 0.248 e. The van der Waals surface area contributed by atoms with Gasteiger partial charge < -0.3 is 4.40 Å². The van der Waals surface area contributed by atoms with Crippen molar-refractivity contribution in [2.24, 2.45) is 0 Å². The quantitative estimate of drug-likeness (QED) is 0.585. The molecule has 0 radical (unpaired) electrons. The van der Waals surface area contributed by atoms with Gasteiger partial charge in [0.25, 0.3) is 0 Å². The molecule has 0 aliphatic rings. The van der Waals surface area contributed by atoms with Crippen LogP contribution in [0.4, 0.5) is 0 Å². The molecule has 2 aromatic rings. The molecule has 5 nitrogen and oxygen atoms in total. The number of hydrogen-bond acceptors (Lipinski definition) is 3. The number of hydrogen-bond donors (Lipinski definition) is 0. The largest absolute Gasteiger partial charge is 0.300 e. The molecule has 2 rings (SSSR count). The van der Waals surface area contributed by atoms with E-state index >= 15 is 0 Å². The molecule has 0 aromatic carbocycles. The monoisotopic (exact) mass is 217 g/mol. The summed E-state index contributed by atoms with van der Waals surface area (Å²) in [5.74, 6) is 0. The molecule has 0 amide bonds. The van der Waals surface area contributed by atoms with E-state index in [1.165, 1.54) is 0 Å². The van der Waals surface area contributed by atoms with Crippen molar-refractivity contribution in [3.05, 3.63) is 52.1 Å². The minimum atomic E-state index is -0.359. The Morgan fingerprint density at radius 1 is 1.62 bits per heavy atom. The van der Waals surface area contributed by atoms with Crippen LogP contribution in [0.25, 0.3) is 11.7 Å². The van der Waals surface area contributed by atoms with Gasteiger partial charge in [-0.3, -0.25) is 10.1 Å². The molecule has 0 aliphatic carbocycles. The summed E-state index contributed by atoms with van der Waals surface area (Å²) in [7, 11) is 0. The summed E-state index contributed by atoms with van der Waals surface area (Å²) in [4.78, 5) is 14.5. The van der Waals surface area contributed by atoms with E-state index in [4.69, 9.17) is 0 Å². The Balaban J connectivity index is 2.52. The number of aromatic nitrogens is 2. The Labute approximate surface area is 92.2 Å². The minimum absolute atomic E-state index is 0.186. The SMILES string of the molecule is CC/C(=C/c1cnc2ccccn12)[N+](=O)[O-]. The number of nitro groups is 1. The summed E-state index contributed by atoms with van der Waals surface area (Å²) in [6, 6.07) is 5.60. The van der Waals surface area contributed by atoms with E-state index in [9.17, 15) is 10.1 Å². The normalized spacial score (nSPS) is 11.9. The first-order chi connectivity index (χ1) is 7.72. The highest BCUT2D eigenvalue weighted by molar-refractivity contribution is 5.53. The Morgan fingerprint density at radius 3 is 3.12 bits per heavy atom. The maximum absolute atomic E-state index is 10.7. The van der Waals surface area contributed by atoms with Gasteiger partial charge in [-0.05, 0) is 12.1 Å². The summed E-state index contributed by atoms with van der Waals surface area (Å²) < 4.78 is 1.82. The fourth-order valence-electron chi connectivity index (χ4n) is 1.51. The van der Waals surface area contributed by atoms with Gasteiger partial charge in [-0.15, -0.1) is 0 Å². The highest BCUT2D eigenvalue weighted by atomic mass is 16.6. The zero-order chi connectivity index (χ0) is 11.5. The van der Waals surface area contributed by atoms with Crippen LogP contribution in [0.1, 0.15) is 19.0 Å². The van der Waals surface area contributed by atoms with Gasteiger partial charge in [0, 0.05) is 18.7 Å². The summed E-state index contributed by atoms with van der Waals surface area (Å²) >= 11 is 0. The molecule has 0 aliphatic heterocycles. The molecule has 0 saturated carbocycles. The number of rotatable bonds is 3. The zero-order valence-electron chi connectivity index (χ0n) is 8.83. The summed E-state index contributed by atoms with van der Waals surface area (Å²) in [6.45, 7) is 1.76. The molecule has 0 bridgehead atoms. The molecule has 2 heterocycles. The van der Waals surface area contributed by atoms with E-state index < -0.39 is 0 Å². The van der Waals surface area contributed by atoms with Crippen molar-refractivity contribution in [3.63, 3.8) is 0 Å². The standard InChI is InChI=1S/C11H11N3O2/c1-2-9(14(15)16)7-10-8-12-11-5-3-4-6-13(10)11/h3-8H,2H2,1H3/b9-7-. The van der Waals surface area contributed by atoms with Crippen LogP contribution in [-0.4, -0.2) is 14.3 Å². The van der Waals surface area contributed by atoms with E-state index in [0.717, 1.165) is 11.3 Å². The lowest BCUT2D eigenvalue weighted by Crippen LogP contribution is -1.97. The predicted molar refractivity (Wildman–Crippen MR) is 60.5 cm³/mol. The van der Waals surface area contributed by atoms with Gasteiger partial charge >= 0.3 is 0 Å². The van der Waals surface area contributed by atoms with Gasteiger partial charge in [0.15, 0.2) is 0 Å². The van der Waals surface area contributed by atoms with Crippen molar-refractivity contribution in [3.8, 4) is 0 Å². The number of pyridine rings is 1. The number of allylic oxidation sites excluding steroid dienone is 1. The van der Waals surface area contributed by atoms with Crippen LogP contribution < -0.4 is 0 Å². The average molecular weight is 217 g/mol. The molecule has 16 heavy (non-hydrogen) atoms. The molecule has 0 N–H and O–H groups in total. The zero-order valence-corrected chi connectivity index (χ0v) is 8.83. The Morgan fingerprint density at radius 2 is 2.44 bits per heavy atom. The van der Waals surface area contributed by atoms with E-state index in [0.29, 0.717) is 6.42 Å². The summed E-state index contributed by atoms with van der Waals surface area (Å²) in [5.41, 5.74) is 1.70. The fraction of sp³-hybridized carbons (Fsp3) is 0.182. The number of nitrogens with zero attached hydrogens (tertiary/aromatic N) is 3. The van der Waals surface area contributed by atoms with Crippen molar-refractivity contribution in [1.82, 2.24) is 9.38 Å². The van der Waals surface area contributed by atoms with Crippen LogP contribution in [0.2, 0.25) is 0 Å². The Kier molecular flexibility index (Phi) is 2.68. The fourth-order valence-corrected chi connectivity index (χ4v) is 1.51. The molecular formula is C11H11N3O2. The van der Waals surface area contributed by atoms with Crippen LogP contribution in [0.15, 0.2) is 36.3 Å². The number of imidazole rings is 1. The molecule has 0 unspecified atom stereocenters. The molecule has 0 atom stereocenters. The van der Waals surface area contributed by atoms with Crippen molar-refractivity contribution < 1.29 is 4.92 Å². The lowest BCUT2D eigenvalue weighted by molar-refractivity contribution is -0.425. The van der Waals surface area contributed by atoms with Gasteiger partial charge in [0.1, 0.15) is 5.65 Å². The summed E-state index contributed by atoms with van der Waals surface area (Å²) in [6.07, 6.45) is 5.42. The Hall–Kier alpha value is -2.17. The van der Waals surface area contributed by atoms with Crippen LogP contribution >= 0.6 is 0 Å². The lowest BCUT2D eigenvalue weighted by Gasteiger charge is -1.96. The third kappa shape index (κ3) is 1.79.